The first kappa shape index (κ1) is 14.9. The molecule has 2 fully saturated rings. The summed E-state index contributed by atoms with van der Waals surface area (Å²) < 4.78 is 26.8. The summed E-state index contributed by atoms with van der Waals surface area (Å²) in [6.45, 7) is 0.617. The first-order valence-electron chi connectivity index (χ1n) is 5.93. The fourth-order valence-corrected chi connectivity index (χ4v) is 3.23. The molecule has 2 rings (SSSR count). The van der Waals surface area contributed by atoms with Crippen molar-refractivity contribution < 1.29 is 32.4 Å². The van der Waals surface area contributed by atoms with Crippen molar-refractivity contribution in [3.63, 3.8) is 0 Å². The number of amides is 2. The van der Waals surface area contributed by atoms with Crippen molar-refractivity contribution in [1.82, 2.24) is 9.80 Å². The van der Waals surface area contributed by atoms with Gasteiger partial charge in [-0.05, 0) is 0 Å². The number of hydrogen-bond donors (Lipinski definition) is 2. The number of carboxylic acid groups (broad SMARTS) is 2. The molecular formula is C10H16N2O7S. The molecule has 2 aliphatic rings. The first-order valence-corrected chi connectivity index (χ1v) is 7.75. The van der Waals surface area contributed by atoms with Crippen LogP contribution in [0.3, 0.4) is 0 Å². The van der Waals surface area contributed by atoms with E-state index in [4.69, 9.17) is 14.4 Å². The minimum absolute atomic E-state index is 0.129. The molecule has 10 heteroatoms. The van der Waals surface area contributed by atoms with Crippen LogP contribution in [0, 0.1) is 11.3 Å². The Morgan fingerprint density at radius 2 is 1.70 bits per heavy atom. The number of hydrogen-bond acceptors (Lipinski definition) is 5. The summed E-state index contributed by atoms with van der Waals surface area (Å²) >= 11 is 0. The van der Waals surface area contributed by atoms with Crippen LogP contribution in [0.1, 0.15) is 0 Å². The van der Waals surface area contributed by atoms with Crippen molar-refractivity contribution in [3.8, 4) is 0 Å². The number of rotatable bonds is 3. The zero-order valence-electron chi connectivity index (χ0n) is 10.9. The Morgan fingerprint density at radius 1 is 1.20 bits per heavy atom. The van der Waals surface area contributed by atoms with Crippen LogP contribution < -0.4 is 0 Å². The Balaban J connectivity index is 2.07. The van der Waals surface area contributed by atoms with Gasteiger partial charge >= 0.3 is 12.2 Å². The molecule has 20 heavy (non-hydrogen) atoms. The number of carbonyl (C=O) groups is 2. The van der Waals surface area contributed by atoms with Crippen LogP contribution in [-0.4, -0.2) is 79.7 Å². The maximum atomic E-state index is 11.0. The molecular weight excluding hydrogens is 292 g/mol. The minimum Gasteiger partial charge on any atom is -0.465 e. The normalized spacial score (nSPS) is 24.8. The van der Waals surface area contributed by atoms with E-state index >= 15 is 0 Å². The Morgan fingerprint density at radius 3 is 2.15 bits per heavy atom. The van der Waals surface area contributed by atoms with Crippen molar-refractivity contribution in [1.29, 1.82) is 0 Å². The molecule has 2 heterocycles. The maximum Gasteiger partial charge on any atom is 0.407 e. The van der Waals surface area contributed by atoms with Gasteiger partial charge in [0.05, 0.1) is 12.9 Å². The van der Waals surface area contributed by atoms with E-state index in [-0.39, 0.29) is 38.7 Å². The first-order chi connectivity index (χ1) is 9.13. The van der Waals surface area contributed by atoms with Crippen LogP contribution in [0.25, 0.3) is 0 Å². The lowest BCUT2D eigenvalue weighted by molar-refractivity contribution is -0.0195. The lowest BCUT2D eigenvalue weighted by Gasteiger charge is -2.49. The van der Waals surface area contributed by atoms with Gasteiger partial charge in [0.25, 0.3) is 10.1 Å². The lowest BCUT2D eigenvalue weighted by Crippen LogP contribution is -2.62. The molecule has 1 atom stereocenters. The molecule has 1 unspecified atom stereocenters. The second kappa shape index (κ2) is 4.77. The molecule has 1 spiro atoms. The largest absolute Gasteiger partial charge is 0.465 e. The fraction of sp³-hybridized carbons (Fsp3) is 0.800. The average molecular weight is 308 g/mol. The summed E-state index contributed by atoms with van der Waals surface area (Å²) in [6.07, 6.45) is -1.24. The second-order valence-electron chi connectivity index (χ2n) is 5.35. The third-order valence-corrected chi connectivity index (χ3v) is 4.41. The molecule has 0 bridgehead atoms. The predicted octanol–water partition coefficient (Wildman–Crippen LogP) is -0.448. The molecule has 2 N–H and O–H groups in total. The summed E-state index contributed by atoms with van der Waals surface area (Å²) in [5.74, 6) is -0.330. The van der Waals surface area contributed by atoms with E-state index in [2.05, 4.69) is 0 Å². The van der Waals surface area contributed by atoms with Gasteiger partial charge in [0.15, 0.2) is 0 Å². The second-order valence-corrected chi connectivity index (χ2v) is 6.99. The van der Waals surface area contributed by atoms with Crippen LogP contribution in [0.2, 0.25) is 0 Å². The monoisotopic (exact) mass is 308 g/mol. The van der Waals surface area contributed by atoms with Gasteiger partial charge in [-0.25, -0.2) is 9.59 Å². The molecule has 2 saturated heterocycles. The quantitative estimate of drug-likeness (QED) is 0.677. The molecule has 9 nitrogen and oxygen atoms in total. The van der Waals surface area contributed by atoms with Gasteiger partial charge in [-0.15, -0.1) is 0 Å². The summed E-state index contributed by atoms with van der Waals surface area (Å²) in [5.41, 5.74) is -0.540. The van der Waals surface area contributed by atoms with Crippen molar-refractivity contribution >= 4 is 22.3 Å². The predicted molar refractivity (Wildman–Crippen MR) is 65.9 cm³/mol. The van der Waals surface area contributed by atoms with E-state index in [1.165, 1.54) is 9.80 Å². The molecule has 0 radical (unpaired) electrons. The molecule has 0 saturated carbocycles. The number of likely N-dealkylation sites (tertiary alicyclic amines) is 2. The van der Waals surface area contributed by atoms with Gasteiger partial charge in [-0.2, -0.15) is 8.42 Å². The average Bonchev–Trinajstić information content (AvgIpc) is 2.62. The minimum atomic E-state index is -3.61. The van der Waals surface area contributed by atoms with Crippen LogP contribution in [0.15, 0.2) is 0 Å². The Bertz CT molecular complexity index is 526. The highest BCUT2D eigenvalue weighted by Crippen LogP contribution is 2.44. The smallest absolute Gasteiger partial charge is 0.407 e. The van der Waals surface area contributed by atoms with Gasteiger partial charge in [-0.3, -0.25) is 4.18 Å². The Hall–Kier alpha value is -1.55. The zero-order valence-corrected chi connectivity index (χ0v) is 11.7. The third-order valence-electron chi connectivity index (χ3n) is 3.85. The molecule has 0 aromatic carbocycles. The summed E-state index contributed by atoms with van der Waals surface area (Å²) in [4.78, 5) is 24.2. The van der Waals surface area contributed by atoms with Crippen molar-refractivity contribution in [2.24, 2.45) is 11.3 Å². The lowest BCUT2D eigenvalue weighted by atomic mass is 9.72. The van der Waals surface area contributed by atoms with E-state index in [9.17, 15) is 18.0 Å². The van der Waals surface area contributed by atoms with Crippen LogP contribution in [-0.2, 0) is 14.3 Å². The highest BCUT2D eigenvalue weighted by molar-refractivity contribution is 7.85. The zero-order chi connectivity index (χ0) is 15.1. The molecule has 114 valence electrons. The fourth-order valence-electron chi connectivity index (χ4n) is 2.82. The van der Waals surface area contributed by atoms with Gasteiger partial charge < -0.3 is 20.0 Å². The third kappa shape index (κ3) is 2.80. The highest BCUT2D eigenvalue weighted by atomic mass is 32.2. The highest BCUT2D eigenvalue weighted by Gasteiger charge is 2.56. The van der Waals surface area contributed by atoms with E-state index in [1.807, 2.05) is 0 Å². The van der Waals surface area contributed by atoms with Gasteiger partial charge in [0.2, 0.25) is 0 Å². The van der Waals surface area contributed by atoms with Crippen LogP contribution in [0.5, 0.6) is 0 Å². The van der Waals surface area contributed by atoms with E-state index < -0.39 is 27.7 Å². The standard InChI is InChI=1S/C10H16N2O7S/c1-20(17,18)19-3-7-2-11(8(13)14)4-10(7)5-12(6-10)9(15)16/h7H,2-6H2,1H3,(H,13,14)(H,15,16). The van der Waals surface area contributed by atoms with E-state index in [0.717, 1.165) is 6.26 Å². The topological polar surface area (TPSA) is 124 Å². The summed E-state index contributed by atoms with van der Waals surface area (Å²) in [5, 5.41) is 17.9. The van der Waals surface area contributed by atoms with Gasteiger partial charge in [0.1, 0.15) is 0 Å². The Kier molecular flexibility index (Phi) is 3.54. The maximum absolute atomic E-state index is 11.0. The molecule has 2 amide bonds. The van der Waals surface area contributed by atoms with Crippen molar-refractivity contribution in [2.75, 3.05) is 39.0 Å². The summed E-state index contributed by atoms with van der Waals surface area (Å²) in [7, 11) is -3.61. The van der Waals surface area contributed by atoms with Gasteiger partial charge in [0, 0.05) is 37.5 Å². The van der Waals surface area contributed by atoms with Gasteiger partial charge in [-0.1, -0.05) is 0 Å². The molecule has 2 aliphatic heterocycles. The Labute approximate surface area is 115 Å². The summed E-state index contributed by atoms with van der Waals surface area (Å²) in [6, 6.07) is 0. The van der Waals surface area contributed by atoms with Crippen molar-refractivity contribution in [2.45, 2.75) is 0 Å². The molecule has 0 aliphatic carbocycles. The van der Waals surface area contributed by atoms with Crippen LogP contribution >= 0.6 is 0 Å². The molecule has 0 aromatic heterocycles. The SMILES string of the molecule is CS(=O)(=O)OCC1CN(C(=O)O)CC12CN(C(=O)O)C2. The van der Waals surface area contributed by atoms with E-state index in [0.29, 0.717) is 0 Å². The van der Waals surface area contributed by atoms with Crippen molar-refractivity contribution in [3.05, 3.63) is 0 Å². The van der Waals surface area contributed by atoms with Crippen LogP contribution in [0.4, 0.5) is 9.59 Å². The molecule has 0 aromatic rings. The number of nitrogens with zero attached hydrogens (tertiary/aromatic N) is 2. The van der Waals surface area contributed by atoms with E-state index in [1.54, 1.807) is 0 Å².